The van der Waals surface area contributed by atoms with Crippen molar-refractivity contribution in [3.8, 4) is 0 Å². The molecule has 0 aliphatic rings. The third kappa shape index (κ3) is 13.3. The first kappa shape index (κ1) is 13.8. The Bertz CT molecular complexity index is 143. The van der Waals surface area contributed by atoms with E-state index < -0.39 is 10.1 Å². The van der Waals surface area contributed by atoms with E-state index in [4.69, 9.17) is 0 Å². The van der Waals surface area contributed by atoms with Crippen LogP contribution in [0.1, 0.15) is 6.42 Å². The molecule has 0 atom stereocenters. The summed E-state index contributed by atoms with van der Waals surface area (Å²) in [6.07, 6.45) is 0.465. The van der Waals surface area contributed by atoms with Crippen molar-refractivity contribution in [3.05, 3.63) is 0 Å². The molecular weight excluding hydrogens is 282 g/mol. The van der Waals surface area contributed by atoms with Crippen LogP contribution in [-0.2, 0) is 10.1 Å². The standard InChI is InChI=1S/C3H7IO3S.K/c4-2-1-3-8(5,6)7;/h1-3H2,(H,5,6,7);/q;+1/p-1. The molecule has 6 heteroatoms. The van der Waals surface area contributed by atoms with E-state index in [-0.39, 0.29) is 57.1 Å². The Labute approximate surface area is 111 Å². The molecule has 0 amide bonds. The van der Waals surface area contributed by atoms with Gasteiger partial charge in [-0.05, 0) is 6.42 Å². The maximum atomic E-state index is 9.83. The van der Waals surface area contributed by atoms with Crippen molar-refractivity contribution in [1.29, 1.82) is 0 Å². The van der Waals surface area contributed by atoms with Crippen molar-refractivity contribution in [2.75, 3.05) is 10.2 Å². The molecule has 50 valence electrons. The molecule has 0 saturated heterocycles. The van der Waals surface area contributed by atoms with Gasteiger partial charge in [-0.2, -0.15) is 0 Å². The minimum Gasteiger partial charge on any atom is -0.748 e. The molecule has 0 saturated carbocycles. The van der Waals surface area contributed by atoms with E-state index in [2.05, 4.69) is 0 Å². The predicted molar refractivity (Wildman–Crippen MR) is 38.1 cm³/mol. The van der Waals surface area contributed by atoms with Gasteiger partial charge < -0.3 is 4.55 Å². The molecule has 0 heterocycles. The van der Waals surface area contributed by atoms with Crippen LogP contribution in [0.15, 0.2) is 0 Å². The van der Waals surface area contributed by atoms with Crippen molar-refractivity contribution < 1.29 is 64.4 Å². The SMILES string of the molecule is O=S(=O)([O-])CCCI.[K+]. The summed E-state index contributed by atoms with van der Waals surface area (Å²) < 4.78 is 30.2. The van der Waals surface area contributed by atoms with E-state index in [0.717, 1.165) is 4.43 Å². The summed E-state index contributed by atoms with van der Waals surface area (Å²) in [7, 11) is -3.94. The number of rotatable bonds is 3. The van der Waals surface area contributed by atoms with Crippen LogP contribution in [-0.4, -0.2) is 23.2 Å². The maximum absolute atomic E-state index is 9.83. The average Bonchev–Trinajstić information content (AvgIpc) is 1.59. The van der Waals surface area contributed by atoms with Gasteiger partial charge in [0, 0.05) is 10.2 Å². The zero-order valence-electron chi connectivity index (χ0n) is 5.13. The second-order valence-corrected chi connectivity index (χ2v) is 3.91. The first-order valence-corrected chi connectivity index (χ1v) is 5.16. The molecule has 3 nitrogen and oxygen atoms in total. The molecular formula is C3H6IKO3S. The Kier molecular flexibility index (Phi) is 10.7. The number of hydrogen-bond acceptors (Lipinski definition) is 3. The molecule has 0 N–H and O–H groups in total. The third-order valence-corrected chi connectivity index (χ3v) is 2.08. The number of hydrogen-bond donors (Lipinski definition) is 0. The van der Waals surface area contributed by atoms with Gasteiger partial charge in [-0.15, -0.1) is 0 Å². The van der Waals surface area contributed by atoms with Crippen LogP contribution >= 0.6 is 22.6 Å². The molecule has 0 bridgehead atoms. The normalized spacial score (nSPS) is 10.4. The van der Waals surface area contributed by atoms with Gasteiger partial charge in [-0.3, -0.25) is 0 Å². The van der Waals surface area contributed by atoms with E-state index in [1.165, 1.54) is 0 Å². The third-order valence-electron chi connectivity index (χ3n) is 0.528. The Morgan fingerprint density at radius 1 is 1.44 bits per heavy atom. The summed E-state index contributed by atoms with van der Waals surface area (Å²) in [4.78, 5) is 0. The fourth-order valence-corrected chi connectivity index (χ4v) is 1.63. The molecule has 0 aromatic heterocycles. The maximum Gasteiger partial charge on any atom is 1.00 e. The van der Waals surface area contributed by atoms with Crippen LogP contribution in [0.4, 0.5) is 0 Å². The van der Waals surface area contributed by atoms with Crippen molar-refractivity contribution in [3.63, 3.8) is 0 Å². The predicted octanol–water partition coefficient (Wildman–Crippen LogP) is -2.64. The van der Waals surface area contributed by atoms with E-state index in [1.807, 2.05) is 22.6 Å². The molecule has 0 aliphatic carbocycles. The quantitative estimate of drug-likeness (QED) is 0.247. The first-order chi connectivity index (χ1) is 3.56. The van der Waals surface area contributed by atoms with Gasteiger partial charge >= 0.3 is 51.4 Å². The molecule has 0 rings (SSSR count). The van der Waals surface area contributed by atoms with Crippen LogP contribution in [0, 0.1) is 0 Å². The Hall–Kier alpha value is 2.28. The molecule has 0 aromatic carbocycles. The van der Waals surface area contributed by atoms with Crippen LogP contribution in [0.3, 0.4) is 0 Å². The van der Waals surface area contributed by atoms with Crippen LogP contribution in [0.2, 0.25) is 0 Å². The van der Waals surface area contributed by atoms with Crippen LogP contribution < -0.4 is 51.4 Å². The smallest absolute Gasteiger partial charge is 0.748 e. The molecule has 0 aromatic rings. The van der Waals surface area contributed by atoms with Gasteiger partial charge in [0.1, 0.15) is 0 Å². The van der Waals surface area contributed by atoms with Gasteiger partial charge in [-0.25, -0.2) is 8.42 Å². The molecule has 0 aliphatic heterocycles. The van der Waals surface area contributed by atoms with Gasteiger partial charge in [0.05, 0.1) is 10.1 Å². The van der Waals surface area contributed by atoms with Gasteiger partial charge in [0.15, 0.2) is 0 Å². The number of halogens is 1. The molecule has 0 unspecified atom stereocenters. The summed E-state index contributed by atoms with van der Waals surface area (Å²) >= 11 is 2.02. The van der Waals surface area contributed by atoms with Crippen molar-refractivity contribution in [2.24, 2.45) is 0 Å². The molecule has 0 fully saturated rings. The van der Waals surface area contributed by atoms with Gasteiger partial charge in [-0.1, -0.05) is 22.6 Å². The summed E-state index contributed by atoms with van der Waals surface area (Å²) in [6.45, 7) is 0. The van der Waals surface area contributed by atoms with Crippen molar-refractivity contribution in [1.82, 2.24) is 0 Å². The van der Waals surface area contributed by atoms with E-state index in [0.29, 0.717) is 6.42 Å². The minimum absolute atomic E-state index is 0. The summed E-state index contributed by atoms with van der Waals surface area (Å²) in [5.74, 6) is -0.226. The Morgan fingerprint density at radius 2 is 1.89 bits per heavy atom. The summed E-state index contributed by atoms with van der Waals surface area (Å²) in [5, 5.41) is 0. The van der Waals surface area contributed by atoms with E-state index >= 15 is 0 Å². The Balaban J connectivity index is 0. The topological polar surface area (TPSA) is 57.2 Å². The van der Waals surface area contributed by atoms with Crippen LogP contribution in [0.25, 0.3) is 0 Å². The summed E-state index contributed by atoms with van der Waals surface area (Å²) in [5.41, 5.74) is 0. The fraction of sp³-hybridized carbons (Fsp3) is 1.00. The zero-order chi connectivity index (χ0) is 6.62. The molecule has 0 spiro atoms. The molecule has 9 heavy (non-hydrogen) atoms. The Morgan fingerprint density at radius 3 is 2.00 bits per heavy atom. The van der Waals surface area contributed by atoms with E-state index in [1.54, 1.807) is 0 Å². The van der Waals surface area contributed by atoms with Crippen LogP contribution in [0.5, 0.6) is 0 Å². The molecule has 0 radical (unpaired) electrons. The van der Waals surface area contributed by atoms with Crippen molar-refractivity contribution in [2.45, 2.75) is 6.42 Å². The largest absolute Gasteiger partial charge is 1.00 e. The van der Waals surface area contributed by atoms with Gasteiger partial charge in [0.2, 0.25) is 0 Å². The second kappa shape index (κ2) is 6.95. The first-order valence-electron chi connectivity index (χ1n) is 2.06. The summed E-state index contributed by atoms with van der Waals surface area (Å²) in [6, 6.07) is 0. The zero-order valence-corrected chi connectivity index (χ0v) is 11.2. The minimum atomic E-state index is -3.94. The number of alkyl halides is 1. The van der Waals surface area contributed by atoms with E-state index in [9.17, 15) is 13.0 Å². The van der Waals surface area contributed by atoms with Crippen molar-refractivity contribution >= 4 is 32.7 Å². The fourth-order valence-electron chi connectivity index (χ4n) is 0.231. The average molecular weight is 288 g/mol. The second-order valence-electron chi connectivity index (χ2n) is 1.30. The monoisotopic (exact) mass is 288 g/mol. The van der Waals surface area contributed by atoms with Gasteiger partial charge in [0.25, 0.3) is 0 Å².